The first-order chi connectivity index (χ1) is 12.2. The number of hydrogen-bond donors (Lipinski definition) is 1. The van der Waals surface area contributed by atoms with E-state index in [1.165, 1.54) is 0 Å². The summed E-state index contributed by atoms with van der Waals surface area (Å²) in [5.41, 5.74) is 2.35. The fraction of sp³-hybridized carbons (Fsp3) is 0.167. The van der Waals surface area contributed by atoms with Crippen molar-refractivity contribution >= 4 is 28.2 Å². The lowest BCUT2D eigenvalue weighted by atomic mass is 10.2. The zero-order valence-corrected chi connectivity index (χ0v) is 14.1. The summed E-state index contributed by atoms with van der Waals surface area (Å²) in [7, 11) is 3.25. The van der Waals surface area contributed by atoms with E-state index < -0.39 is 0 Å². The van der Waals surface area contributed by atoms with Crippen LogP contribution in [0.25, 0.3) is 16.6 Å². The maximum absolute atomic E-state index is 5.44. The number of nitrogens with one attached hydrogen (secondary N) is 1. The fourth-order valence-corrected chi connectivity index (χ4v) is 2.83. The number of hydrogen-bond acceptors (Lipinski definition) is 6. The molecule has 1 N–H and O–H groups in total. The summed E-state index contributed by atoms with van der Waals surface area (Å²) in [5.74, 6) is 2.77. The third-order valence-corrected chi connectivity index (χ3v) is 4.06. The van der Waals surface area contributed by atoms with Gasteiger partial charge in [0.1, 0.15) is 17.3 Å². The van der Waals surface area contributed by atoms with E-state index in [0.29, 0.717) is 11.7 Å². The number of methoxy groups -OCH3 is 2. The molecule has 2 aromatic carbocycles. The molecule has 7 nitrogen and oxygen atoms in total. The van der Waals surface area contributed by atoms with Gasteiger partial charge in [-0.15, -0.1) is 10.2 Å². The van der Waals surface area contributed by atoms with Gasteiger partial charge in [-0.05, 0) is 31.2 Å². The zero-order valence-electron chi connectivity index (χ0n) is 14.1. The van der Waals surface area contributed by atoms with Gasteiger partial charge in [0.25, 0.3) is 0 Å². The normalized spacial score (nSPS) is 11.0. The SMILES string of the molecule is COc1ccc(OC)c(Nc2nc3ccccc3c3nnc(C)n23)c1. The molecule has 0 aliphatic rings. The Balaban J connectivity index is 1.93. The molecule has 2 aromatic heterocycles. The molecule has 0 aliphatic carbocycles. The molecule has 0 unspecified atom stereocenters. The molecular weight excluding hydrogens is 318 g/mol. The highest BCUT2D eigenvalue weighted by atomic mass is 16.5. The molecule has 0 spiro atoms. The molecular formula is C18H17N5O2. The van der Waals surface area contributed by atoms with Crippen LogP contribution in [-0.4, -0.2) is 33.8 Å². The van der Waals surface area contributed by atoms with E-state index in [-0.39, 0.29) is 0 Å². The summed E-state index contributed by atoms with van der Waals surface area (Å²) in [6.07, 6.45) is 0. The number of aromatic nitrogens is 4. The average Bonchev–Trinajstić information content (AvgIpc) is 3.04. The highest BCUT2D eigenvalue weighted by Crippen LogP contribution is 2.32. The second kappa shape index (κ2) is 5.94. The highest BCUT2D eigenvalue weighted by molar-refractivity contribution is 5.92. The first-order valence-corrected chi connectivity index (χ1v) is 7.81. The van der Waals surface area contributed by atoms with Crippen molar-refractivity contribution in [2.45, 2.75) is 6.92 Å². The Morgan fingerprint density at radius 2 is 1.84 bits per heavy atom. The van der Waals surface area contributed by atoms with Crippen LogP contribution in [0.3, 0.4) is 0 Å². The largest absolute Gasteiger partial charge is 0.497 e. The summed E-state index contributed by atoms with van der Waals surface area (Å²) in [6, 6.07) is 13.4. The molecule has 4 rings (SSSR count). The Kier molecular flexibility index (Phi) is 3.61. The summed E-state index contributed by atoms with van der Waals surface area (Å²) in [6.45, 7) is 1.89. The fourth-order valence-electron chi connectivity index (χ4n) is 2.83. The Labute approximate surface area is 144 Å². The third kappa shape index (κ3) is 2.50. The summed E-state index contributed by atoms with van der Waals surface area (Å²) in [4.78, 5) is 4.74. The van der Waals surface area contributed by atoms with Gasteiger partial charge in [-0.3, -0.25) is 0 Å². The van der Waals surface area contributed by atoms with Crippen LogP contribution in [-0.2, 0) is 0 Å². The van der Waals surface area contributed by atoms with Crippen LogP contribution in [0.15, 0.2) is 42.5 Å². The van der Waals surface area contributed by atoms with Crippen LogP contribution < -0.4 is 14.8 Å². The second-order valence-corrected chi connectivity index (χ2v) is 5.55. The molecule has 0 saturated heterocycles. The first-order valence-electron chi connectivity index (χ1n) is 7.81. The molecule has 0 fully saturated rings. The van der Waals surface area contributed by atoms with Gasteiger partial charge < -0.3 is 14.8 Å². The number of rotatable bonds is 4. The number of para-hydroxylation sites is 1. The van der Waals surface area contributed by atoms with Gasteiger partial charge in [-0.25, -0.2) is 9.38 Å². The molecule has 0 radical (unpaired) electrons. The topological polar surface area (TPSA) is 73.6 Å². The van der Waals surface area contributed by atoms with E-state index >= 15 is 0 Å². The minimum Gasteiger partial charge on any atom is -0.497 e. The van der Waals surface area contributed by atoms with Crippen molar-refractivity contribution in [3.05, 3.63) is 48.3 Å². The minimum atomic E-state index is 0.614. The van der Waals surface area contributed by atoms with Crippen molar-refractivity contribution < 1.29 is 9.47 Å². The van der Waals surface area contributed by atoms with Crippen molar-refractivity contribution in [2.75, 3.05) is 19.5 Å². The highest BCUT2D eigenvalue weighted by Gasteiger charge is 2.14. The zero-order chi connectivity index (χ0) is 17.4. The van der Waals surface area contributed by atoms with Gasteiger partial charge in [0.15, 0.2) is 5.65 Å². The van der Waals surface area contributed by atoms with Crippen molar-refractivity contribution in [3.63, 3.8) is 0 Å². The Morgan fingerprint density at radius 1 is 1.00 bits per heavy atom. The Bertz CT molecular complexity index is 1070. The molecule has 0 aliphatic heterocycles. The van der Waals surface area contributed by atoms with Gasteiger partial charge in [-0.2, -0.15) is 0 Å². The van der Waals surface area contributed by atoms with Crippen molar-refractivity contribution in [1.82, 2.24) is 19.6 Å². The molecule has 0 saturated carbocycles. The Hall–Kier alpha value is -3.35. The van der Waals surface area contributed by atoms with Gasteiger partial charge in [0, 0.05) is 11.5 Å². The number of ether oxygens (including phenoxy) is 2. The predicted octanol–water partition coefficient (Wildman–Crippen LogP) is 3.35. The van der Waals surface area contributed by atoms with Crippen molar-refractivity contribution in [3.8, 4) is 11.5 Å². The lowest BCUT2D eigenvalue weighted by Crippen LogP contribution is -2.05. The Morgan fingerprint density at radius 3 is 2.64 bits per heavy atom. The third-order valence-electron chi connectivity index (χ3n) is 4.06. The quantitative estimate of drug-likeness (QED) is 0.616. The summed E-state index contributed by atoms with van der Waals surface area (Å²) in [5, 5.41) is 12.8. The molecule has 2 heterocycles. The monoisotopic (exact) mass is 335 g/mol. The lowest BCUT2D eigenvalue weighted by molar-refractivity contribution is 0.405. The molecule has 0 atom stereocenters. The molecule has 4 aromatic rings. The smallest absolute Gasteiger partial charge is 0.215 e. The number of benzene rings is 2. The maximum Gasteiger partial charge on any atom is 0.215 e. The van der Waals surface area contributed by atoms with E-state index in [4.69, 9.17) is 14.5 Å². The number of anilines is 2. The van der Waals surface area contributed by atoms with Gasteiger partial charge >= 0.3 is 0 Å². The van der Waals surface area contributed by atoms with Gasteiger partial charge in [0.05, 0.1) is 25.4 Å². The van der Waals surface area contributed by atoms with Crippen LogP contribution in [0.4, 0.5) is 11.6 Å². The van der Waals surface area contributed by atoms with Crippen LogP contribution in [0.1, 0.15) is 5.82 Å². The van der Waals surface area contributed by atoms with Gasteiger partial charge in [-0.1, -0.05) is 12.1 Å². The van der Waals surface area contributed by atoms with E-state index in [2.05, 4.69) is 15.5 Å². The number of fused-ring (bicyclic) bond motifs is 3. The van der Waals surface area contributed by atoms with Crippen molar-refractivity contribution in [2.24, 2.45) is 0 Å². The number of aryl methyl sites for hydroxylation is 1. The van der Waals surface area contributed by atoms with E-state index in [9.17, 15) is 0 Å². The number of nitrogens with zero attached hydrogens (tertiary/aromatic N) is 4. The van der Waals surface area contributed by atoms with Crippen LogP contribution in [0.2, 0.25) is 0 Å². The van der Waals surface area contributed by atoms with Crippen molar-refractivity contribution in [1.29, 1.82) is 0 Å². The summed E-state index contributed by atoms with van der Waals surface area (Å²) < 4.78 is 12.6. The van der Waals surface area contributed by atoms with E-state index in [1.54, 1.807) is 14.2 Å². The second-order valence-electron chi connectivity index (χ2n) is 5.55. The molecule has 126 valence electrons. The van der Waals surface area contributed by atoms with Crippen LogP contribution >= 0.6 is 0 Å². The summed E-state index contributed by atoms with van der Waals surface area (Å²) >= 11 is 0. The molecule has 25 heavy (non-hydrogen) atoms. The van der Waals surface area contributed by atoms with E-state index in [1.807, 2.05) is 53.8 Å². The van der Waals surface area contributed by atoms with Crippen LogP contribution in [0, 0.1) is 6.92 Å². The average molecular weight is 335 g/mol. The lowest BCUT2D eigenvalue weighted by Gasteiger charge is -2.14. The first kappa shape index (κ1) is 15.2. The van der Waals surface area contributed by atoms with Crippen LogP contribution in [0.5, 0.6) is 11.5 Å². The standard InChI is InChI=1S/C18H17N5O2/c1-11-21-22-17-13-6-4-5-7-14(13)19-18(23(11)17)20-15-10-12(24-2)8-9-16(15)25-3/h4-10H,1-3H3,(H,19,20). The molecule has 0 amide bonds. The maximum atomic E-state index is 5.44. The minimum absolute atomic E-state index is 0.614. The predicted molar refractivity (Wildman–Crippen MR) is 95.9 cm³/mol. The molecule has 7 heteroatoms. The molecule has 0 bridgehead atoms. The van der Waals surface area contributed by atoms with Gasteiger partial charge in [0.2, 0.25) is 5.95 Å². The van der Waals surface area contributed by atoms with E-state index in [0.717, 1.165) is 33.8 Å².